The number of rotatable bonds is 6. The van der Waals surface area contributed by atoms with E-state index in [2.05, 4.69) is 15.3 Å². The Kier molecular flexibility index (Phi) is 5.21. The van der Waals surface area contributed by atoms with Crippen molar-refractivity contribution < 1.29 is 18.4 Å². The number of methoxy groups -OCH3 is 1. The average molecular weight is 404 g/mol. The molecule has 0 unspecified atom stereocenters. The van der Waals surface area contributed by atoms with E-state index in [1.54, 1.807) is 43.6 Å². The molecule has 0 aliphatic carbocycles. The molecule has 1 N–H and O–H groups in total. The molecule has 4 aromatic rings. The van der Waals surface area contributed by atoms with Crippen LogP contribution in [0, 0.1) is 0 Å². The van der Waals surface area contributed by atoms with Gasteiger partial charge in [0.2, 0.25) is 0 Å². The number of nitrogens with one attached hydrogen (secondary N) is 1. The predicted molar refractivity (Wildman–Crippen MR) is 112 cm³/mol. The van der Waals surface area contributed by atoms with E-state index >= 15 is 0 Å². The summed E-state index contributed by atoms with van der Waals surface area (Å²) in [7, 11) is 5.02. The van der Waals surface area contributed by atoms with Gasteiger partial charge < -0.3 is 18.9 Å². The number of aromatic nitrogens is 2. The zero-order valence-electron chi connectivity index (χ0n) is 16.7. The van der Waals surface area contributed by atoms with E-state index in [-0.39, 0.29) is 5.91 Å². The van der Waals surface area contributed by atoms with Gasteiger partial charge in [0.25, 0.3) is 5.91 Å². The first-order chi connectivity index (χ1) is 14.6. The fourth-order valence-electron chi connectivity index (χ4n) is 3.13. The number of oxazole rings is 2. The van der Waals surface area contributed by atoms with Gasteiger partial charge in [-0.25, -0.2) is 9.97 Å². The molecule has 1 amide bonds. The molecule has 0 saturated carbocycles. The first-order valence-electron chi connectivity index (χ1n) is 9.20. The summed E-state index contributed by atoms with van der Waals surface area (Å²) >= 11 is 0. The van der Waals surface area contributed by atoms with E-state index in [0.717, 1.165) is 11.3 Å². The van der Waals surface area contributed by atoms with E-state index < -0.39 is 0 Å². The Morgan fingerprint density at radius 3 is 2.67 bits per heavy atom. The number of amides is 1. The van der Waals surface area contributed by atoms with Crippen molar-refractivity contribution in [2.45, 2.75) is 0 Å². The van der Waals surface area contributed by atoms with Gasteiger partial charge in [0.05, 0.1) is 30.6 Å². The first kappa shape index (κ1) is 19.3. The van der Waals surface area contributed by atoms with Gasteiger partial charge in [-0.15, -0.1) is 0 Å². The van der Waals surface area contributed by atoms with Gasteiger partial charge in [0.1, 0.15) is 5.75 Å². The van der Waals surface area contributed by atoms with Crippen LogP contribution in [0.5, 0.6) is 5.75 Å². The highest BCUT2D eigenvalue weighted by molar-refractivity contribution is 6.00. The molecule has 0 bridgehead atoms. The van der Waals surface area contributed by atoms with Crippen molar-refractivity contribution in [3.63, 3.8) is 0 Å². The molecule has 0 radical (unpaired) electrons. The second-order valence-corrected chi connectivity index (χ2v) is 6.44. The Hall–Kier alpha value is -4.07. The fraction of sp³-hybridized carbons (Fsp3) is 0.136. The molecule has 30 heavy (non-hydrogen) atoms. The van der Waals surface area contributed by atoms with Crippen LogP contribution in [0.3, 0.4) is 0 Å². The molecular formula is C22H20N4O4. The van der Waals surface area contributed by atoms with Crippen molar-refractivity contribution in [1.82, 2.24) is 15.3 Å². The Labute approximate surface area is 173 Å². The second-order valence-electron chi connectivity index (χ2n) is 6.44. The summed E-state index contributed by atoms with van der Waals surface area (Å²) in [6.07, 6.45) is 4.61. The van der Waals surface area contributed by atoms with E-state index in [1.165, 1.54) is 6.39 Å². The number of hydrogen-bond acceptors (Lipinski definition) is 7. The van der Waals surface area contributed by atoms with E-state index in [1.807, 2.05) is 37.4 Å². The van der Waals surface area contributed by atoms with E-state index in [9.17, 15) is 4.79 Å². The van der Waals surface area contributed by atoms with Crippen LogP contribution in [-0.2, 0) is 0 Å². The smallest absolute Gasteiger partial charge is 0.302 e. The minimum absolute atomic E-state index is 0.190. The standard InChI is InChI=1S/C22H20N4O4/c1-23-21(27)16-7-5-4-6-15(16)20-12-25-22(30-20)26(2)14-8-9-17(18(10-14)28-3)19-11-24-13-29-19/h4-13H,1-3H3,(H,23,27). The molecule has 0 saturated heterocycles. The average Bonchev–Trinajstić information content (AvgIpc) is 3.50. The maximum atomic E-state index is 12.2. The summed E-state index contributed by atoms with van der Waals surface area (Å²) < 4.78 is 16.8. The quantitative estimate of drug-likeness (QED) is 0.516. The zero-order valence-corrected chi connectivity index (χ0v) is 16.7. The number of hydrogen-bond donors (Lipinski definition) is 1. The molecule has 2 heterocycles. The predicted octanol–water partition coefficient (Wildman–Crippen LogP) is 4.13. The van der Waals surface area contributed by atoms with Crippen LogP contribution in [0.15, 0.2) is 70.1 Å². The normalized spacial score (nSPS) is 10.6. The number of carbonyl (C=O) groups is 1. The lowest BCUT2D eigenvalue weighted by Crippen LogP contribution is -2.18. The third kappa shape index (κ3) is 3.50. The number of benzene rings is 2. The SMILES string of the molecule is CNC(=O)c1ccccc1-c1cnc(N(C)c2ccc(-c3cnco3)c(OC)c2)o1. The van der Waals surface area contributed by atoms with Crippen LogP contribution >= 0.6 is 0 Å². The molecule has 0 aliphatic heterocycles. The summed E-state index contributed by atoms with van der Waals surface area (Å²) in [5.41, 5.74) is 2.79. The Morgan fingerprint density at radius 2 is 1.93 bits per heavy atom. The Bertz CT molecular complexity index is 1170. The van der Waals surface area contributed by atoms with Gasteiger partial charge in [0, 0.05) is 31.4 Å². The number of ether oxygens (including phenoxy) is 1. The molecule has 8 nitrogen and oxygen atoms in total. The van der Waals surface area contributed by atoms with Crippen molar-refractivity contribution in [3.8, 4) is 28.4 Å². The number of carbonyl (C=O) groups excluding carboxylic acids is 1. The van der Waals surface area contributed by atoms with Crippen LogP contribution in [0.25, 0.3) is 22.6 Å². The van der Waals surface area contributed by atoms with Gasteiger partial charge in [-0.05, 0) is 18.2 Å². The Balaban J connectivity index is 1.66. The van der Waals surface area contributed by atoms with Crippen LogP contribution in [-0.4, -0.2) is 37.1 Å². The third-order valence-corrected chi connectivity index (χ3v) is 4.71. The lowest BCUT2D eigenvalue weighted by atomic mass is 10.1. The van der Waals surface area contributed by atoms with Gasteiger partial charge in [-0.3, -0.25) is 9.69 Å². The van der Waals surface area contributed by atoms with Gasteiger partial charge in [-0.1, -0.05) is 18.2 Å². The first-order valence-corrected chi connectivity index (χ1v) is 9.20. The summed E-state index contributed by atoms with van der Waals surface area (Å²) in [5.74, 6) is 1.56. The highest BCUT2D eigenvalue weighted by Gasteiger charge is 2.18. The maximum Gasteiger partial charge on any atom is 0.302 e. The molecule has 0 fully saturated rings. The summed E-state index contributed by atoms with van der Waals surface area (Å²) in [6, 6.07) is 13.3. The van der Waals surface area contributed by atoms with Crippen molar-refractivity contribution in [3.05, 3.63) is 66.8 Å². The van der Waals surface area contributed by atoms with Crippen LogP contribution in [0.1, 0.15) is 10.4 Å². The summed E-state index contributed by atoms with van der Waals surface area (Å²) in [4.78, 5) is 22.3. The van der Waals surface area contributed by atoms with Crippen molar-refractivity contribution in [2.24, 2.45) is 0 Å². The minimum atomic E-state index is -0.190. The summed E-state index contributed by atoms with van der Waals surface area (Å²) in [6.45, 7) is 0. The topological polar surface area (TPSA) is 93.6 Å². The van der Waals surface area contributed by atoms with Crippen LogP contribution < -0.4 is 15.0 Å². The fourth-order valence-corrected chi connectivity index (χ4v) is 3.13. The Morgan fingerprint density at radius 1 is 1.10 bits per heavy atom. The molecule has 0 spiro atoms. The highest BCUT2D eigenvalue weighted by Crippen LogP contribution is 2.36. The van der Waals surface area contributed by atoms with Crippen molar-refractivity contribution in [2.75, 3.05) is 26.1 Å². The van der Waals surface area contributed by atoms with Gasteiger partial charge in [0.15, 0.2) is 17.9 Å². The second kappa shape index (κ2) is 8.12. The molecule has 0 aliphatic rings. The van der Waals surface area contributed by atoms with Gasteiger partial charge in [-0.2, -0.15) is 0 Å². The van der Waals surface area contributed by atoms with Crippen LogP contribution in [0.4, 0.5) is 11.7 Å². The molecule has 152 valence electrons. The van der Waals surface area contributed by atoms with Crippen LogP contribution in [0.2, 0.25) is 0 Å². The van der Waals surface area contributed by atoms with E-state index in [0.29, 0.717) is 34.4 Å². The van der Waals surface area contributed by atoms with Gasteiger partial charge >= 0.3 is 6.01 Å². The molecule has 2 aromatic heterocycles. The molecule has 0 atom stereocenters. The highest BCUT2D eigenvalue weighted by atomic mass is 16.5. The third-order valence-electron chi connectivity index (χ3n) is 4.71. The number of nitrogens with zero attached hydrogens (tertiary/aromatic N) is 3. The summed E-state index contributed by atoms with van der Waals surface area (Å²) in [5, 5.41) is 2.64. The molecule has 8 heteroatoms. The number of anilines is 2. The largest absolute Gasteiger partial charge is 0.496 e. The maximum absolute atomic E-state index is 12.2. The monoisotopic (exact) mass is 404 g/mol. The van der Waals surface area contributed by atoms with E-state index in [4.69, 9.17) is 13.6 Å². The lowest BCUT2D eigenvalue weighted by molar-refractivity contribution is 0.0963. The van der Waals surface area contributed by atoms with Crippen molar-refractivity contribution in [1.29, 1.82) is 0 Å². The molecule has 2 aromatic carbocycles. The molecular weight excluding hydrogens is 384 g/mol. The lowest BCUT2D eigenvalue weighted by Gasteiger charge is -2.17. The molecule has 4 rings (SSSR count). The minimum Gasteiger partial charge on any atom is -0.496 e. The zero-order chi connectivity index (χ0) is 21.1. The van der Waals surface area contributed by atoms with Crippen molar-refractivity contribution >= 4 is 17.6 Å².